The summed E-state index contributed by atoms with van der Waals surface area (Å²) in [6.07, 6.45) is 1.45. The predicted octanol–water partition coefficient (Wildman–Crippen LogP) is 2.06. The second-order valence-electron chi connectivity index (χ2n) is 7.26. The van der Waals surface area contributed by atoms with E-state index in [-0.39, 0.29) is 23.1 Å². The van der Waals surface area contributed by atoms with Crippen molar-refractivity contribution in [3.8, 4) is 0 Å². The zero-order valence-corrected chi connectivity index (χ0v) is 16.4. The normalized spacial score (nSPS) is 17.5. The van der Waals surface area contributed by atoms with Gasteiger partial charge in [0.05, 0.1) is 23.9 Å². The van der Waals surface area contributed by atoms with E-state index in [1.54, 1.807) is 10.6 Å². The van der Waals surface area contributed by atoms with Gasteiger partial charge in [0.1, 0.15) is 11.4 Å². The van der Waals surface area contributed by atoms with E-state index in [1.807, 2.05) is 25.7 Å². The van der Waals surface area contributed by atoms with Crippen molar-refractivity contribution in [2.75, 3.05) is 31.1 Å². The lowest BCUT2D eigenvalue weighted by Crippen LogP contribution is -2.53. The summed E-state index contributed by atoms with van der Waals surface area (Å²) in [7, 11) is 0. The molecule has 1 aliphatic heterocycles. The van der Waals surface area contributed by atoms with Crippen molar-refractivity contribution in [3.05, 3.63) is 39.9 Å². The number of benzene rings is 1. The average Bonchev–Trinajstić information content (AvgIpc) is 2.66. The van der Waals surface area contributed by atoms with Gasteiger partial charge in [0.25, 0.3) is 0 Å². The molecule has 1 aromatic heterocycles. The SMILES string of the molecule is CCn1cc(C(=O)O)c(=O)c2cc(F)c(N3CCNC(COC(C)C)C3)cc21. The van der Waals surface area contributed by atoms with Crippen LogP contribution in [0.25, 0.3) is 10.9 Å². The number of hydrogen-bond donors (Lipinski definition) is 2. The van der Waals surface area contributed by atoms with E-state index in [4.69, 9.17) is 4.74 Å². The van der Waals surface area contributed by atoms with Crippen molar-refractivity contribution in [1.82, 2.24) is 9.88 Å². The molecule has 3 rings (SSSR count). The molecule has 0 spiro atoms. The van der Waals surface area contributed by atoms with Crippen LogP contribution in [-0.4, -0.2) is 54.0 Å². The molecule has 28 heavy (non-hydrogen) atoms. The molecule has 1 aliphatic rings. The van der Waals surface area contributed by atoms with E-state index in [9.17, 15) is 19.1 Å². The van der Waals surface area contributed by atoms with Crippen LogP contribution in [0.3, 0.4) is 0 Å². The van der Waals surface area contributed by atoms with Crippen LogP contribution in [0.15, 0.2) is 23.1 Å². The molecule has 152 valence electrons. The molecule has 1 aromatic carbocycles. The lowest BCUT2D eigenvalue weighted by Gasteiger charge is -2.35. The Morgan fingerprint density at radius 1 is 1.43 bits per heavy atom. The predicted molar refractivity (Wildman–Crippen MR) is 106 cm³/mol. The molecule has 7 nitrogen and oxygen atoms in total. The van der Waals surface area contributed by atoms with Crippen LogP contribution in [0.1, 0.15) is 31.1 Å². The first-order chi connectivity index (χ1) is 13.3. The Balaban J connectivity index is 2.00. The summed E-state index contributed by atoms with van der Waals surface area (Å²) in [5.41, 5.74) is -0.0774. The molecule has 1 atom stereocenters. The quantitative estimate of drug-likeness (QED) is 0.784. The highest BCUT2D eigenvalue weighted by Crippen LogP contribution is 2.26. The van der Waals surface area contributed by atoms with Gasteiger partial charge in [-0.25, -0.2) is 9.18 Å². The summed E-state index contributed by atoms with van der Waals surface area (Å²) in [5.74, 6) is -1.84. The standard InChI is InChI=1S/C20H26FN3O4/c1-4-23-10-15(20(26)27)19(25)14-7-16(21)18(8-17(14)23)24-6-5-22-13(9-24)11-28-12(2)3/h7-8,10,12-13,22H,4-6,9,11H2,1-3H3,(H,26,27). The topological polar surface area (TPSA) is 83.8 Å². The molecule has 1 unspecified atom stereocenters. The van der Waals surface area contributed by atoms with Crippen molar-refractivity contribution < 1.29 is 19.0 Å². The molecule has 1 saturated heterocycles. The largest absolute Gasteiger partial charge is 0.477 e. The van der Waals surface area contributed by atoms with Crippen molar-refractivity contribution >= 4 is 22.6 Å². The van der Waals surface area contributed by atoms with Gasteiger partial charge in [0.15, 0.2) is 0 Å². The monoisotopic (exact) mass is 391 g/mol. The number of pyridine rings is 1. The molecule has 0 saturated carbocycles. The van der Waals surface area contributed by atoms with Gasteiger partial charge >= 0.3 is 5.97 Å². The third-order valence-corrected chi connectivity index (χ3v) is 4.95. The number of anilines is 1. The minimum absolute atomic E-state index is 0.0778. The number of aromatic nitrogens is 1. The number of aryl methyl sites for hydroxylation is 1. The van der Waals surface area contributed by atoms with Crippen molar-refractivity contribution in [3.63, 3.8) is 0 Å². The number of nitrogens with zero attached hydrogens (tertiary/aromatic N) is 2. The molecule has 0 radical (unpaired) electrons. The van der Waals surface area contributed by atoms with Crippen LogP contribution in [0.4, 0.5) is 10.1 Å². The second-order valence-corrected chi connectivity index (χ2v) is 7.26. The number of halogens is 1. The fourth-order valence-corrected chi connectivity index (χ4v) is 3.52. The number of aromatic carboxylic acids is 1. The van der Waals surface area contributed by atoms with E-state index in [0.29, 0.717) is 44.0 Å². The Hall–Kier alpha value is -2.45. The highest BCUT2D eigenvalue weighted by molar-refractivity contribution is 5.93. The average molecular weight is 391 g/mol. The molecular formula is C20H26FN3O4. The van der Waals surface area contributed by atoms with Gasteiger partial charge in [-0.15, -0.1) is 0 Å². The van der Waals surface area contributed by atoms with E-state index < -0.39 is 17.2 Å². The maximum absolute atomic E-state index is 14.9. The maximum Gasteiger partial charge on any atom is 0.341 e. The van der Waals surface area contributed by atoms with Crippen LogP contribution >= 0.6 is 0 Å². The first-order valence-electron chi connectivity index (χ1n) is 9.51. The van der Waals surface area contributed by atoms with Crippen LogP contribution in [0, 0.1) is 5.82 Å². The van der Waals surface area contributed by atoms with Crippen LogP contribution in [0.5, 0.6) is 0 Å². The Morgan fingerprint density at radius 2 is 2.18 bits per heavy atom. The highest BCUT2D eigenvalue weighted by atomic mass is 19.1. The molecule has 2 N–H and O–H groups in total. The summed E-state index contributed by atoms with van der Waals surface area (Å²) >= 11 is 0. The van der Waals surface area contributed by atoms with Crippen LogP contribution in [0.2, 0.25) is 0 Å². The molecule has 0 amide bonds. The number of rotatable bonds is 6. The van der Waals surface area contributed by atoms with E-state index in [2.05, 4.69) is 5.32 Å². The number of carboxylic acid groups (broad SMARTS) is 1. The number of piperazine rings is 1. The molecule has 0 aliphatic carbocycles. The highest BCUT2D eigenvalue weighted by Gasteiger charge is 2.24. The smallest absolute Gasteiger partial charge is 0.341 e. The second kappa shape index (κ2) is 8.28. The molecule has 2 aromatic rings. The Labute approximate surface area is 162 Å². The molecule has 0 bridgehead atoms. The van der Waals surface area contributed by atoms with Gasteiger partial charge in [-0.05, 0) is 32.9 Å². The molecule has 1 fully saturated rings. The van der Waals surface area contributed by atoms with Gasteiger partial charge in [0.2, 0.25) is 5.43 Å². The van der Waals surface area contributed by atoms with E-state index in [1.165, 1.54) is 6.20 Å². The summed E-state index contributed by atoms with van der Waals surface area (Å²) in [5, 5.41) is 12.7. The van der Waals surface area contributed by atoms with Gasteiger partial charge in [0, 0.05) is 43.8 Å². The van der Waals surface area contributed by atoms with Gasteiger partial charge in [-0.2, -0.15) is 0 Å². The van der Waals surface area contributed by atoms with Crippen LogP contribution in [-0.2, 0) is 11.3 Å². The van der Waals surface area contributed by atoms with E-state index in [0.717, 1.165) is 6.07 Å². The van der Waals surface area contributed by atoms with Crippen LogP contribution < -0.4 is 15.6 Å². The zero-order chi connectivity index (χ0) is 20.4. The third kappa shape index (κ3) is 4.02. The fourth-order valence-electron chi connectivity index (χ4n) is 3.52. The number of nitrogens with one attached hydrogen (secondary N) is 1. The summed E-state index contributed by atoms with van der Waals surface area (Å²) in [4.78, 5) is 25.8. The Kier molecular flexibility index (Phi) is 6.00. The van der Waals surface area contributed by atoms with Crippen molar-refractivity contribution in [1.29, 1.82) is 0 Å². The number of hydrogen-bond acceptors (Lipinski definition) is 5. The lowest BCUT2D eigenvalue weighted by atomic mass is 10.1. The lowest BCUT2D eigenvalue weighted by molar-refractivity contribution is 0.0604. The maximum atomic E-state index is 14.9. The summed E-state index contributed by atoms with van der Waals surface area (Å²) < 4.78 is 22.2. The first kappa shape index (κ1) is 20.3. The fraction of sp³-hybridized carbons (Fsp3) is 0.500. The minimum Gasteiger partial charge on any atom is -0.477 e. The van der Waals surface area contributed by atoms with Crippen molar-refractivity contribution in [2.24, 2.45) is 0 Å². The molecule has 8 heteroatoms. The van der Waals surface area contributed by atoms with E-state index >= 15 is 0 Å². The molecular weight excluding hydrogens is 365 g/mol. The summed E-state index contributed by atoms with van der Waals surface area (Å²) in [6, 6.07) is 2.88. The zero-order valence-electron chi connectivity index (χ0n) is 16.4. The number of carboxylic acids is 1. The summed E-state index contributed by atoms with van der Waals surface area (Å²) in [6.45, 7) is 8.70. The van der Waals surface area contributed by atoms with Crippen molar-refractivity contribution in [2.45, 2.75) is 39.5 Å². The van der Waals surface area contributed by atoms with Gasteiger partial charge < -0.3 is 24.6 Å². The minimum atomic E-state index is -1.31. The number of ether oxygens (including phenoxy) is 1. The third-order valence-electron chi connectivity index (χ3n) is 4.95. The first-order valence-corrected chi connectivity index (χ1v) is 9.51. The number of fused-ring (bicyclic) bond motifs is 1. The van der Waals surface area contributed by atoms with Gasteiger partial charge in [-0.3, -0.25) is 4.79 Å². The van der Waals surface area contributed by atoms with Gasteiger partial charge in [-0.1, -0.05) is 0 Å². The number of carbonyl (C=O) groups is 1. The Morgan fingerprint density at radius 3 is 2.82 bits per heavy atom. The Bertz CT molecular complexity index is 941. The molecule has 2 heterocycles.